The van der Waals surface area contributed by atoms with E-state index in [0.29, 0.717) is 5.75 Å². The molecule has 0 spiro atoms. The standard InChI is InChI=1S/C17H18F3NO/c1-21-12-11-16(13-5-3-2-4-6-13)22-15-9-7-14(8-10-15)17(18,19)20/h2-10,16,21H,11-12H2,1H3/p+1. The van der Waals surface area contributed by atoms with E-state index in [1.807, 2.05) is 37.4 Å². The van der Waals surface area contributed by atoms with Crippen LogP contribution in [0.5, 0.6) is 5.75 Å². The van der Waals surface area contributed by atoms with E-state index in [1.54, 1.807) is 0 Å². The molecule has 22 heavy (non-hydrogen) atoms. The molecular formula is C17H19F3NO+. The van der Waals surface area contributed by atoms with Crippen molar-refractivity contribution in [2.24, 2.45) is 0 Å². The number of hydrogen-bond acceptors (Lipinski definition) is 1. The van der Waals surface area contributed by atoms with Gasteiger partial charge in [0.2, 0.25) is 6.10 Å². The summed E-state index contributed by atoms with van der Waals surface area (Å²) in [6, 6.07) is 14.7. The van der Waals surface area contributed by atoms with Crippen LogP contribution < -0.4 is 5.32 Å². The smallest absolute Gasteiger partial charge is 0.416 e. The van der Waals surface area contributed by atoms with Crippen molar-refractivity contribution in [1.29, 1.82) is 0 Å². The maximum atomic E-state index is 12.6. The van der Waals surface area contributed by atoms with Crippen molar-refractivity contribution >= 4 is 0 Å². The van der Waals surface area contributed by atoms with Crippen LogP contribution in [0.4, 0.5) is 13.2 Å². The first-order valence-electron chi connectivity index (χ1n) is 7.08. The molecule has 2 aromatic carbocycles. The van der Waals surface area contributed by atoms with Gasteiger partial charge in [-0.3, -0.25) is 0 Å². The van der Waals surface area contributed by atoms with Crippen molar-refractivity contribution in [3.05, 3.63) is 65.7 Å². The largest absolute Gasteiger partial charge is 0.577 e. The van der Waals surface area contributed by atoms with Gasteiger partial charge in [-0.15, -0.1) is 0 Å². The summed E-state index contributed by atoms with van der Waals surface area (Å²) >= 11 is 0. The van der Waals surface area contributed by atoms with Crippen molar-refractivity contribution < 1.29 is 17.9 Å². The van der Waals surface area contributed by atoms with E-state index in [-0.39, 0.29) is 6.10 Å². The van der Waals surface area contributed by atoms with Gasteiger partial charge in [-0.25, -0.2) is 0 Å². The summed E-state index contributed by atoms with van der Waals surface area (Å²) in [5.41, 5.74) is 0.399. The highest BCUT2D eigenvalue weighted by molar-refractivity contribution is 5.29. The second-order valence-corrected chi connectivity index (χ2v) is 4.99. The zero-order chi connectivity index (χ0) is 16.0. The topological polar surface area (TPSA) is 24.8 Å². The van der Waals surface area contributed by atoms with Gasteiger partial charge in [0.05, 0.1) is 5.56 Å². The third-order valence-corrected chi connectivity index (χ3v) is 3.35. The van der Waals surface area contributed by atoms with Gasteiger partial charge in [0.15, 0.2) is 0 Å². The fourth-order valence-electron chi connectivity index (χ4n) is 2.18. The van der Waals surface area contributed by atoms with Crippen molar-refractivity contribution in [3.63, 3.8) is 0 Å². The Balaban J connectivity index is 2.13. The van der Waals surface area contributed by atoms with E-state index in [0.717, 1.165) is 30.7 Å². The number of hydrogen-bond donors (Lipinski definition) is 1. The highest BCUT2D eigenvalue weighted by Gasteiger charge is 2.30. The number of nitrogens with one attached hydrogen (secondary N) is 1. The molecule has 0 saturated heterocycles. The molecule has 1 unspecified atom stereocenters. The number of halogens is 3. The molecule has 118 valence electrons. The van der Waals surface area contributed by atoms with Crippen LogP contribution >= 0.6 is 0 Å². The quantitative estimate of drug-likeness (QED) is 0.791. The summed E-state index contributed by atoms with van der Waals surface area (Å²) in [5, 5.41) is 3.07. The average molecular weight is 310 g/mol. The Kier molecular flexibility index (Phi) is 5.44. The van der Waals surface area contributed by atoms with E-state index in [9.17, 15) is 13.2 Å². The van der Waals surface area contributed by atoms with Gasteiger partial charge in [0, 0.05) is 30.7 Å². The Labute approximate surface area is 127 Å². The van der Waals surface area contributed by atoms with E-state index in [2.05, 4.69) is 10.1 Å². The van der Waals surface area contributed by atoms with Crippen molar-refractivity contribution in [1.82, 2.24) is 5.32 Å². The van der Waals surface area contributed by atoms with E-state index in [4.69, 9.17) is 0 Å². The van der Waals surface area contributed by atoms with Crippen molar-refractivity contribution in [3.8, 4) is 5.75 Å². The number of alkyl halides is 3. The molecule has 2 aromatic rings. The third kappa shape index (κ3) is 4.49. The molecule has 1 atom stereocenters. The number of rotatable bonds is 6. The van der Waals surface area contributed by atoms with E-state index in [1.165, 1.54) is 12.1 Å². The van der Waals surface area contributed by atoms with Gasteiger partial charge >= 0.3 is 6.18 Å². The first kappa shape index (κ1) is 16.4. The number of aromatic hydroxyl groups is 1. The maximum Gasteiger partial charge on any atom is 0.416 e. The zero-order valence-corrected chi connectivity index (χ0v) is 12.3. The average Bonchev–Trinajstić information content (AvgIpc) is 2.52. The summed E-state index contributed by atoms with van der Waals surface area (Å²) < 4.78 is 42.3. The van der Waals surface area contributed by atoms with Crippen LogP contribution in [0.2, 0.25) is 0 Å². The second kappa shape index (κ2) is 7.31. The Bertz CT molecular complexity index is 567. The molecule has 0 aliphatic carbocycles. The van der Waals surface area contributed by atoms with Gasteiger partial charge < -0.3 is 10.1 Å². The molecule has 0 aliphatic rings. The van der Waals surface area contributed by atoms with Gasteiger partial charge in [0.1, 0.15) is 0 Å². The lowest BCUT2D eigenvalue weighted by molar-refractivity contribution is -0.137. The first-order valence-corrected chi connectivity index (χ1v) is 7.08. The lowest BCUT2D eigenvalue weighted by Gasteiger charge is -2.17. The van der Waals surface area contributed by atoms with Crippen LogP contribution in [-0.4, -0.2) is 18.3 Å². The number of aliphatic hydroxyl groups is 1. The third-order valence-electron chi connectivity index (χ3n) is 3.35. The number of ether oxygens (including phenoxy) is 1. The molecule has 0 heterocycles. The van der Waals surface area contributed by atoms with Crippen molar-refractivity contribution in [2.75, 3.05) is 13.6 Å². The molecule has 0 radical (unpaired) electrons. The van der Waals surface area contributed by atoms with E-state index < -0.39 is 11.7 Å². The monoisotopic (exact) mass is 310 g/mol. The Morgan fingerprint density at radius 1 is 1.00 bits per heavy atom. The highest BCUT2D eigenvalue weighted by atomic mass is 19.4. The fraction of sp³-hybridized carbons (Fsp3) is 0.294. The molecule has 0 fully saturated rings. The summed E-state index contributed by atoms with van der Waals surface area (Å²) in [4.78, 5) is 0. The molecular weight excluding hydrogens is 291 g/mol. The maximum absolute atomic E-state index is 12.6. The summed E-state index contributed by atoms with van der Waals surface area (Å²) in [5.74, 6) is 0.554. The molecule has 0 saturated carbocycles. The second-order valence-electron chi connectivity index (χ2n) is 4.99. The van der Waals surface area contributed by atoms with Crippen LogP contribution in [0.25, 0.3) is 0 Å². The van der Waals surface area contributed by atoms with Crippen LogP contribution in [0.1, 0.15) is 23.7 Å². The minimum absolute atomic E-state index is 0.0783. The minimum Gasteiger partial charge on any atom is -0.577 e. The molecule has 0 aromatic heterocycles. The Hall–Kier alpha value is -2.01. The fourth-order valence-corrected chi connectivity index (χ4v) is 2.18. The predicted octanol–water partition coefficient (Wildman–Crippen LogP) is 4.30. The summed E-state index contributed by atoms with van der Waals surface area (Å²) in [7, 11) is 1.86. The predicted molar refractivity (Wildman–Crippen MR) is 80.8 cm³/mol. The van der Waals surface area contributed by atoms with Gasteiger partial charge in [-0.1, -0.05) is 18.2 Å². The van der Waals surface area contributed by atoms with Crippen LogP contribution in [0.3, 0.4) is 0 Å². The number of benzene rings is 2. The van der Waals surface area contributed by atoms with Crippen LogP contribution in [0.15, 0.2) is 54.6 Å². The van der Waals surface area contributed by atoms with Crippen LogP contribution in [-0.2, 0) is 6.18 Å². The zero-order valence-electron chi connectivity index (χ0n) is 12.3. The lowest BCUT2D eigenvalue weighted by Crippen LogP contribution is -2.15. The van der Waals surface area contributed by atoms with Gasteiger partial charge in [0.25, 0.3) is 5.75 Å². The molecule has 2 rings (SSSR count). The molecule has 0 bridgehead atoms. The van der Waals surface area contributed by atoms with Crippen LogP contribution in [0, 0.1) is 0 Å². The Morgan fingerprint density at radius 3 is 2.18 bits per heavy atom. The summed E-state index contributed by atoms with van der Waals surface area (Å²) in [6.07, 6.45) is -3.62. The minimum atomic E-state index is -4.32. The highest BCUT2D eigenvalue weighted by Crippen LogP contribution is 2.32. The first-order chi connectivity index (χ1) is 10.5. The summed E-state index contributed by atoms with van der Waals surface area (Å²) in [6.45, 7) is 0.781. The molecule has 5 heteroatoms. The normalized spacial score (nSPS) is 12.9. The molecule has 2 nitrogen and oxygen atoms in total. The molecule has 2 N–H and O–H groups in total. The van der Waals surface area contributed by atoms with E-state index >= 15 is 0 Å². The molecule has 0 amide bonds. The SMILES string of the molecule is CNCCC([OH+]c1ccc(C(F)(F)F)cc1)c1ccccc1. The van der Waals surface area contributed by atoms with Gasteiger partial charge in [-0.2, -0.15) is 13.2 Å². The lowest BCUT2D eigenvalue weighted by atomic mass is 10.1. The van der Waals surface area contributed by atoms with Crippen molar-refractivity contribution in [2.45, 2.75) is 18.7 Å². The Morgan fingerprint density at radius 2 is 1.64 bits per heavy atom. The molecule has 0 aliphatic heterocycles. The van der Waals surface area contributed by atoms with Gasteiger partial charge in [-0.05, 0) is 31.3 Å².